The first-order valence-corrected chi connectivity index (χ1v) is 8.70. The van der Waals surface area contributed by atoms with Gasteiger partial charge in [-0.25, -0.2) is 0 Å². The molecule has 26 heavy (non-hydrogen) atoms. The van der Waals surface area contributed by atoms with Gasteiger partial charge < -0.3 is 4.57 Å². The largest absolute Gasteiger partial charge is 0.303 e. The number of pyridine rings is 2. The number of aromatic nitrogens is 2. The number of allylic oxidation sites excluding steroid dienone is 1. The van der Waals surface area contributed by atoms with Crippen LogP contribution >= 0.6 is 0 Å². The number of carbonyl (C=O) groups is 1. The van der Waals surface area contributed by atoms with Crippen molar-refractivity contribution in [3.05, 3.63) is 93.0 Å². The van der Waals surface area contributed by atoms with E-state index in [-0.39, 0.29) is 11.3 Å². The highest BCUT2D eigenvalue weighted by Crippen LogP contribution is 2.39. The van der Waals surface area contributed by atoms with Crippen LogP contribution in [0.3, 0.4) is 0 Å². The molecule has 0 spiro atoms. The van der Waals surface area contributed by atoms with E-state index in [1.807, 2.05) is 36.4 Å². The molecule has 2 aliphatic rings. The molecule has 5 rings (SSSR count). The molecule has 0 atom stereocenters. The summed E-state index contributed by atoms with van der Waals surface area (Å²) >= 11 is 0. The highest BCUT2D eigenvalue weighted by atomic mass is 16.1. The molecule has 2 heterocycles. The molecule has 0 amide bonds. The summed E-state index contributed by atoms with van der Waals surface area (Å²) in [6.07, 6.45) is 8.15. The number of hydrogen-bond donors (Lipinski definition) is 0. The van der Waals surface area contributed by atoms with E-state index in [0.29, 0.717) is 30.5 Å². The quantitative estimate of drug-likeness (QED) is 0.561. The van der Waals surface area contributed by atoms with Crippen LogP contribution in [0.25, 0.3) is 17.3 Å². The minimum atomic E-state index is -0.108. The lowest BCUT2D eigenvalue weighted by Crippen LogP contribution is -2.29. The molecule has 3 aromatic rings. The predicted molar refractivity (Wildman–Crippen MR) is 100 cm³/mol. The lowest BCUT2D eigenvalue weighted by molar-refractivity contribution is 0.0993. The molecule has 2 aliphatic carbocycles. The van der Waals surface area contributed by atoms with E-state index in [1.54, 1.807) is 23.0 Å². The first kappa shape index (κ1) is 15.0. The number of rotatable bonds is 2. The first-order valence-electron chi connectivity index (χ1n) is 8.70. The van der Waals surface area contributed by atoms with Crippen molar-refractivity contribution in [1.29, 1.82) is 0 Å². The predicted octanol–water partition coefficient (Wildman–Crippen LogP) is 3.46. The van der Waals surface area contributed by atoms with E-state index in [1.165, 1.54) is 0 Å². The fraction of sp³-hybridized carbons (Fsp3) is 0.136. The Labute approximate surface area is 150 Å². The normalized spacial score (nSPS) is 14.1. The molecule has 0 radical (unpaired) electrons. The molecule has 0 unspecified atom stereocenters. The lowest BCUT2D eigenvalue weighted by atomic mass is 9.91. The minimum absolute atomic E-state index is 0.0391. The van der Waals surface area contributed by atoms with Gasteiger partial charge in [0.2, 0.25) is 0 Å². The molecular weight excluding hydrogens is 324 g/mol. The Kier molecular flexibility index (Phi) is 3.25. The Morgan fingerprint density at radius 3 is 2.81 bits per heavy atom. The maximum absolute atomic E-state index is 13.3. The van der Waals surface area contributed by atoms with Crippen molar-refractivity contribution in [2.24, 2.45) is 0 Å². The Hall–Kier alpha value is -3.27. The molecule has 2 aromatic heterocycles. The SMILES string of the molecule is O=C1CC=Cc2c1c1c(n(Cc3cccnc3)c2=O)-c2ccccc2C1. The van der Waals surface area contributed by atoms with Crippen LogP contribution in [0.15, 0.2) is 59.7 Å². The van der Waals surface area contributed by atoms with Crippen LogP contribution in [0.5, 0.6) is 0 Å². The van der Waals surface area contributed by atoms with Crippen molar-refractivity contribution < 1.29 is 4.79 Å². The monoisotopic (exact) mass is 340 g/mol. The number of benzene rings is 1. The fourth-order valence-electron chi connectivity index (χ4n) is 4.06. The van der Waals surface area contributed by atoms with E-state index >= 15 is 0 Å². The second kappa shape index (κ2) is 5.63. The number of ketones is 1. The summed E-state index contributed by atoms with van der Waals surface area (Å²) in [5.74, 6) is 0.0391. The number of hydrogen-bond acceptors (Lipinski definition) is 3. The topological polar surface area (TPSA) is 52.0 Å². The van der Waals surface area contributed by atoms with Gasteiger partial charge in [-0.05, 0) is 22.8 Å². The summed E-state index contributed by atoms with van der Waals surface area (Å²) in [5.41, 5.74) is 6.08. The third-order valence-corrected chi connectivity index (χ3v) is 5.17. The van der Waals surface area contributed by atoms with Crippen molar-refractivity contribution in [3.8, 4) is 11.3 Å². The van der Waals surface area contributed by atoms with Crippen molar-refractivity contribution in [2.75, 3.05) is 0 Å². The molecule has 1 aromatic carbocycles. The molecule has 126 valence electrons. The van der Waals surface area contributed by atoms with Crippen LogP contribution in [0.1, 0.15) is 39.0 Å². The third kappa shape index (κ3) is 2.12. The Balaban J connectivity index is 1.83. The molecule has 0 aliphatic heterocycles. The molecule has 0 bridgehead atoms. The number of fused-ring (bicyclic) bond motifs is 5. The van der Waals surface area contributed by atoms with Gasteiger partial charge in [0, 0.05) is 36.4 Å². The first-order chi connectivity index (χ1) is 12.7. The zero-order valence-corrected chi connectivity index (χ0v) is 14.1. The van der Waals surface area contributed by atoms with E-state index in [0.717, 1.165) is 27.9 Å². The molecular formula is C22H16N2O2. The Bertz CT molecular complexity index is 1140. The maximum atomic E-state index is 13.3. The van der Waals surface area contributed by atoms with Gasteiger partial charge in [-0.3, -0.25) is 14.6 Å². The third-order valence-electron chi connectivity index (χ3n) is 5.17. The van der Waals surface area contributed by atoms with Gasteiger partial charge in [-0.2, -0.15) is 0 Å². The zero-order valence-electron chi connectivity index (χ0n) is 14.1. The van der Waals surface area contributed by atoms with Gasteiger partial charge in [-0.15, -0.1) is 0 Å². The summed E-state index contributed by atoms with van der Waals surface area (Å²) in [6.45, 7) is 0.443. The highest BCUT2D eigenvalue weighted by Gasteiger charge is 2.31. The molecule has 0 N–H and O–H groups in total. The van der Waals surface area contributed by atoms with Crippen LogP contribution in [-0.2, 0) is 13.0 Å². The average molecular weight is 340 g/mol. The zero-order chi connectivity index (χ0) is 17.7. The van der Waals surface area contributed by atoms with Crippen LogP contribution in [0.4, 0.5) is 0 Å². The highest BCUT2D eigenvalue weighted by molar-refractivity contribution is 6.05. The molecule has 0 saturated carbocycles. The van der Waals surface area contributed by atoms with Crippen LogP contribution < -0.4 is 5.56 Å². The van der Waals surface area contributed by atoms with E-state index in [2.05, 4.69) is 11.1 Å². The number of Topliss-reactive ketones (excluding diaryl/α,β-unsaturated/α-hetero) is 1. The summed E-state index contributed by atoms with van der Waals surface area (Å²) in [7, 11) is 0. The van der Waals surface area contributed by atoms with Crippen LogP contribution in [0.2, 0.25) is 0 Å². The average Bonchev–Trinajstić information content (AvgIpc) is 3.05. The molecule has 4 heteroatoms. The summed E-state index contributed by atoms with van der Waals surface area (Å²) in [6, 6.07) is 11.9. The van der Waals surface area contributed by atoms with Gasteiger partial charge in [0.05, 0.1) is 17.8 Å². The molecule has 0 saturated heterocycles. The van der Waals surface area contributed by atoms with Gasteiger partial charge in [-0.1, -0.05) is 42.5 Å². The van der Waals surface area contributed by atoms with Gasteiger partial charge in [0.1, 0.15) is 0 Å². The van der Waals surface area contributed by atoms with Crippen molar-refractivity contribution in [3.63, 3.8) is 0 Å². The van der Waals surface area contributed by atoms with E-state index < -0.39 is 0 Å². The molecule has 4 nitrogen and oxygen atoms in total. The Morgan fingerprint density at radius 2 is 1.96 bits per heavy atom. The summed E-state index contributed by atoms with van der Waals surface area (Å²) in [4.78, 5) is 30.0. The fourth-order valence-corrected chi connectivity index (χ4v) is 4.06. The lowest BCUT2D eigenvalue weighted by Gasteiger charge is -2.19. The second-order valence-corrected chi connectivity index (χ2v) is 6.73. The van der Waals surface area contributed by atoms with Gasteiger partial charge >= 0.3 is 0 Å². The standard InChI is InChI=1S/C22H16N2O2/c25-19-9-3-8-17-20(19)18-11-15-6-1-2-7-16(15)21(18)24(22(17)26)13-14-5-4-10-23-12-14/h1-8,10,12H,9,11,13H2. The van der Waals surface area contributed by atoms with Crippen molar-refractivity contribution in [1.82, 2.24) is 9.55 Å². The minimum Gasteiger partial charge on any atom is -0.303 e. The summed E-state index contributed by atoms with van der Waals surface area (Å²) < 4.78 is 1.81. The Morgan fingerprint density at radius 1 is 1.08 bits per heavy atom. The van der Waals surface area contributed by atoms with Crippen LogP contribution in [0, 0.1) is 0 Å². The van der Waals surface area contributed by atoms with Gasteiger partial charge in [0.15, 0.2) is 5.78 Å². The smallest absolute Gasteiger partial charge is 0.259 e. The van der Waals surface area contributed by atoms with Crippen LogP contribution in [-0.4, -0.2) is 15.3 Å². The summed E-state index contributed by atoms with van der Waals surface area (Å²) in [5, 5.41) is 0. The van der Waals surface area contributed by atoms with Gasteiger partial charge in [0.25, 0.3) is 5.56 Å². The number of nitrogens with zero attached hydrogens (tertiary/aromatic N) is 2. The molecule has 0 fully saturated rings. The maximum Gasteiger partial charge on any atom is 0.259 e. The van der Waals surface area contributed by atoms with Crippen molar-refractivity contribution >= 4 is 11.9 Å². The van der Waals surface area contributed by atoms with Crippen molar-refractivity contribution in [2.45, 2.75) is 19.4 Å². The second-order valence-electron chi connectivity index (χ2n) is 6.73. The van der Waals surface area contributed by atoms with E-state index in [9.17, 15) is 9.59 Å². The van der Waals surface area contributed by atoms with E-state index in [4.69, 9.17) is 0 Å². The number of carbonyl (C=O) groups excluding carboxylic acids is 1.